The number of methoxy groups -OCH3 is 1. The molecule has 3 N–H and O–H groups in total. The highest BCUT2D eigenvalue weighted by Gasteiger charge is 2.64. The smallest absolute Gasteiger partial charge is 0.340 e. The molecule has 5 aliphatic carbocycles. The van der Waals surface area contributed by atoms with Crippen molar-refractivity contribution in [3.63, 3.8) is 0 Å². The van der Waals surface area contributed by atoms with Crippen LogP contribution in [0.5, 0.6) is 5.75 Å². The monoisotopic (exact) mass is 1120 g/mol. The lowest BCUT2D eigenvalue weighted by Crippen LogP contribution is -2.61. The fraction of sp³-hybridized carbons (Fsp3) is 0.431. The Balaban J connectivity index is 0.961. The van der Waals surface area contributed by atoms with Crippen molar-refractivity contribution in [2.24, 2.45) is 23.7 Å². The van der Waals surface area contributed by atoms with E-state index < -0.39 is 47.9 Å². The van der Waals surface area contributed by atoms with Crippen molar-refractivity contribution in [2.45, 2.75) is 144 Å². The number of hydrogen-bond donors (Lipinski definition) is 3. The summed E-state index contributed by atoms with van der Waals surface area (Å²) >= 11 is 0. The molecule has 4 heterocycles. The number of hydrogen-bond acceptors (Lipinski definition) is 11. The summed E-state index contributed by atoms with van der Waals surface area (Å²) in [5.41, 5.74) is 8.10. The van der Waals surface area contributed by atoms with E-state index in [-0.39, 0.29) is 103 Å². The molecule has 5 aromatic carbocycles. The molecule has 1 spiro atoms. The van der Waals surface area contributed by atoms with Crippen LogP contribution in [0.25, 0.3) is 17.0 Å². The van der Waals surface area contributed by atoms with E-state index in [4.69, 9.17) is 23.4 Å². The van der Waals surface area contributed by atoms with Gasteiger partial charge in [0.1, 0.15) is 11.3 Å². The predicted octanol–water partition coefficient (Wildman–Crippen LogP) is 12.9. The lowest BCUT2D eigenvalue weighted by Gasteiger charge is -2.52. The third-order valence-electron chi connectivity index (χ3n) is 20.8. The molecule has 11 atom stereocenters. The molecule has 1 aromatic heterocycles. The van der Waals surface area contributed by atoms with Crippen molar-refractivity contribution in [3.05, 3.63) is 211 Å². The summed E-state index contributed by atoms with van der Waals surface area (Å²) in [6, 6.07) is 41.0. The number of benzene rings is 5. The third-order valence-corrected chi connectivity index (χ3v) is 20.8. The Morgan fingerprint density at radius 3 is 2.36 bits per heavy atom. The number of carbonyl (C=O) groups excluding carboxylic acids is 2. The van der Waals surface area contributed by atoms with E-state index in [1.165, 1.54) is 47.8 Å². The molecule has 3 saturated carbocycles. The van der Waals surface area contributed by atoms with Gasteiger partial charge in [-0.15, -0.1) is 0 Å². The Hall–Kier alpha value is -6.89. The highest BCUT2D eigenvalue weighted by atomic mass is 16.6. The van der Waals surface area contributed by atoms with Crippen molar-refractivity contribution < 1.29 is 48.3 Å². The molecule has 2 bridgehead atoms. The van der Waals surface area contributed by atoms with E-state index in [9.17, 15) is 20.1 Å². The number of aliphatic hydroxyl groups is 3. The van der Waals surface area contributed by atoms with Crippen molar-refractivity contribution >= 4 is 29.0 Å². The topological polar surface area (TPSA) is 162 Å². The van der Waals surface area contributed by atoms with Gasteiger partial charge in [-0.3, -0.25) is 4.79 Å². The molecule has 11 heteroatoms. The van der Waals surface area contributed by atoms with E-state index in [1.54, 1.807) is 13.0 Å². The van der Waals surface area contributed by atoms with Gasteiger partial charge in [0, 0.05) is 60.3 Å². The first-order valence-electron chi connectivity index (χ1n) is 30.5. The minimum absolute atomic E-state index is 0.0359. The van der Waals surface area contributed by atoms with Gasteiger partial charge in [-0.2, -0.15) is 0 Å². The number of carbonyl (C=O) groups is 2. The van der Waals surface area contributed by atoms with Gasteiger partial charge in [-0.05, 0) is 162 Å². The highest BCUT2D eigenvalue weighted by molar-refractivity contribution is 5.90. The SMILES string of the molecule is COCC(CCO)c1c(CO)c2ccc3c(c2oc1=O)C1OC(=O)CC2CC(c4cccc(C5(c6ccccc6)CCCC5)c4)CCC2c2ccc(cc2)CCC(=C(C)CO)C(=O)OC1C1(CC=CC2C4C=Cc5ccccc5C4CC21)O3. The van der Waals surface area contributed by atoms with Crippen LogP contribution in [0.1, 0.15) is 169 Å². The fourth-order valence-electron chi connectivity index (χ4n) is 16.8. The molecule has 6 aromatic rings. The number of esters is 2. The van der Waals surface area contributed by atoms with Gasteiger partial charge in [0.05, 0.1) is 25.4 Å². The molecular formula is C72H76O11. The lowest BCUT2D eigenvalue weighted by atomic mass is 9.66. The first kappa shape index (κ1) is 55.3. The number of aryl methyl sites for hydroxylation is 1. The molecule has 0 saturated heterocycles. The molecule has 0 radical (unpaired) electrons. The molecule has 3 aliphatic heterocycles. The molecular weight excluding hydrogens is 1040 g/mol. The quantitative estimate of drug-likeness (QED) is 0.0518. The van der Waals surface area contributed by atoms with Crippen LogP contribution in [0.15, 0.2) is 154 Å². The van der Waals surface area contributed by atoms with E-state index >= 15 is 9.59 Å². The molecule has 14 rings (SSSR count). The lowest BCUT2D eigenvalue weighted by molar-refractivity contribution is -0.205. The van der Waals surface area contributed by atoms with Crippen LogP contribution in [0.2, 0.25) is 0 Å². The maximum absolute atomic E-state index is 15.8. The molecule has 8 aliphatic rings. The zero-order valence-electron chi connectivity index (χ0n) is 47.7. The number of ether oxygens (including phenoxy) is 4. The van der Waals surface area contributed by atoms with Gasteiger partial charge in [0.2, 0.25) is 0 Å². The van der Waals surface area contributed by atoms with Crippen molar-refractivity contribution in [1.82, 2.24) is 0 Å². The molecule has 3 fully saturated rings. The third kappa shape index (κ3) is 9.73. The first-order valence-corrected chi connectivity index (χ1v) is 30.5. The summed E-state index contributed by atoms with van der Waals surface area (Å²) < 4.78 is 33.9. The summed E-state index contributed by atoms with van der Waals surface area (Å²) in [6.07, 6.45) is 15.4. The van der Waals surface area contributed by atoms with Crippen LogP contribution in [-0.2, 0) is 42.2 Å². The van der Waals surface area contributed by atoms with Gasteiger partial charge < -0.3 is 38.7 Å². The number of allylic oxidation sites excluding steroid dienone is 2. The van der Waals surface area contributed by atoms with E-state index in [0.29, 0.717) is 47.1 Å². The average Bonchev–Trinajstić information content (AvgIpc) is 3.78. The van der Waals surface area contributed by atoms with Gasteiger partial charge in [-0.1, -0.05) is 140 Å². The molecule has 430 valence electrons. The van der Waals surface area contributed by atoms with Crippen molar-refractivity contribution in [3.8, 4) is 5.75 Å². The Kier molecular flexibility index (Phi) is 15.3. The Labute approximate surface area is 486 Å². The van der Waals surface area contributed by atoms with Gasteiger partial charge in [0.25, 0.3) is 0 Å². The Bertz CT molecular complexity index is 3560. The first-order chi connectivity index (χ1) is 40.6. The zero-order chi connectivity index (χ0) is 57.0. The van der Waals surface area contributed by atoms with E-state index in [1.807, 2.05) is 6.07 Å². The maximum atomic E-state index is 15.8. The Morgan fingerprint density at radius 2 is 1.58 bits per heavy atom. The van der Waals surface area contributed by atoms with Gasteiger partial charge in [0.15, 0.2) is 17.8 Å². The molecule has 83 heavy (non-hydrogen) atoms. The second kappa shape index (κ2) is 22.9. The average molecular weight is 1120 g/mol. The van der Waals surface area contributed by atoms with Crippen LogP contribution in [0.3, 0.4) is 0 Å². The van der Waals surface area contributed by atoms with E-state index in [0.717, 1.165) is 43.2 Å². The molecule has 0 amide bonds. The van der Waals surface area contributed by atoms with Crippen LogP contribution in [0.4, 0.5) is 0 Å². The van der Waals surface area contributed by atoms with Crippen LogP contribution < -0.4 is 10.4 Å². The van der Waals surface area contributed by atoms with E-state index in [2.05, 4.69) is 127 Å². The largest absolute Gasteiger partial charge is 0.482 e. The van der Waals surface area contributed by atoms with Crippen LogP contribution in [0, 0.1) is 23.7 Å². The van der Waals surface area contributed by atoms with Gasteiger partial charge >= 0.3 is 17.6 Å². The summed E-state index contributed by atoms with van der Waals surface area (Å²) in [5.74, 6) is -1.42. The summed E-state index contributed by atoms with van der Waals surface area (Å²) in [4.78, 5) is 46.0. The minimum Gasteiger partial charge on any atom is -0.482 e. The maximum Gasteiger partial charge on any atom is 0.340 e. The van der Waals surface area contributed by atoms with Crippen LogP contribution in [-0.4, -0.2) is 65.9 Å². The number of rotatable bonds is 10. The second-order valence-electron chi connectivity index (χ2n) is 25.0. The normalized spacial score (nSPS) is 28.9. The second-order valence-corrected chi connectivity index (χ2v) is 25.0. The summed E-state index contributed by atoms with van der Waals surface area (Å²) in [7, 11) is 1.52. The van der Waals surface area contributed by atoms with Crippen LogP contribution >= 0.6 is 0 Å². The summed E-state index contributed by atoms with van der Waals surface area (Å²) in [5, 5.41) is 32.6. The number of aliphatic hydroxyl groups excluding tert-OH is 3. The highest BCUT2D eigenvalue weighted by Crippen LogP contribution is 2.62. The predicted molar refractivity (Wildman–Crippen MR) is 318 cm³/mol. The van der Waals surface area contributed by atoms with Gasteiger partial charge in [-0.25, -0.2) is 9.59 Å². The Morgan fingerprint density at radius 1 is 0.783 bits per heavy atom. The fourth-order valence-corrected chi connectivity index (χ4v) is 16.8. The summed E-state index contributed by atoms with van der Waals surface area (Å²) in [6.45, 7) is 0.687. The zero-order valence-corrected chi connectivity index (χ0v) is 47.7. The van der Waals surface area contributed by atoms with Crippen molar-refractivity contribution in [2.75, 3.05) is 26.9 Å². The standard InChI is InChI=1S/C72H76O11/c1-43(40-74)53-26-21-44-19-22-46(23-20-44)54-27-25-48(47-13-10-16-52(37-47)71(32-8-9-33-71)51-14-4-3-5-15-51)36-50(54)38-63(76)80-67-65-62(30-29-58-60(41-75)64(70(78)81-66(58)65)49(31-35-73)42-79-2)83-72(68(67)82-69(53)77)34-11-18-57-56-28-24-45-12-6-7-17-55(45)59(56)39-61(57)72/h3-7,10-20,22-24,28-30,37,48-50,54,56-57,59,61,67-68,73-75H,8-9,21,25-27,31-36,38-42H2,1-2H3. The van der Waals surface area contributed by atoms with Crippen molar-refractivity contribution in [1.29, 1.82) is 0 Å². The molecule has 11 nitrogen and oxygen atoms in total. The minimum atomic E-state index is -1.36. The molecule has 11 unspecified atom stereocenters. The number of fused-ring (bicyclic) bond motifs is 17.